The monoisotopic (exact) mass is 275 g/mol. The maximum atomic E-state index is 6.17. The van der Waals surface area contributed by atoms with Gasteiger partial charge in [0.25, 0.3) is 0 Å². The molecule has 3 rings (SSSR count). The Bertz CT molecular complexity index is 530. The fraction of sp³-hybridized carbons (Fsp3) is 0.467. The zero-order valence-corrected chi connectivity index (χ0v) is 11.7. The van der Waals surface area contributed by atoms with Crippen molar-refractivity contribution in [3.63, 3.8) is 0 Å². The molecule has 1 aromatic heterocycles. The number of halogens is 1. The van der Waals surface area contributed by atoms with Crippen LogP contribution in [0.15, 0.2) is 30.3 Å². The first-order chi connectivity index (χ1) is 9.34. The summed E-state index contributed by atoms with van der Waals surface area (Å²) in [5.41, 5.74) is 1.08. The molecule has 1 aliphatic rings. The van der Waals surface area contributed by atoms with Crippen LogP contribution in [0, 0.1) is 5.92 Å². The van der Waals surface area contributed by atoms with Crippen molar-refractivity contribution < 1.29 is 0 Å². The Balaban J connectivity index is 1.78. The van der Waals surface area contributed by atoms with Crippen LogP contribution in [-0.2, 0) is 6.54 Å². The minimum absolute atomic E-state index is 0.497. The highest BCUT2D eigenvalue weighted by Crippen LogP contribution is 2.29. The van der Waals surface area contributed by atoms with Gasteiger partial charge in [-0.2, -0.15) is 0 Å². The number of benzene rings is 1. The van der Waals surface area contributed by atoms with E-state index in [-0.39, 0.29) is 0 Å². The number of nitrogens with zero attached hydrogens (tertiary/aromatic N) is 3. The summed E-state index contributed by atoms with van der Waals surface area (Å²) in [4.78, 5) is 0. The molecule has 0 amide bonds. The second-order valence-electron chi connectivity index (χ2n) is 5.25. The maximum absolute atomic E-state index is 6.17. The standard InChI is InChI=1S/C15H18ClN3/c16-15-18-17-14(13-8-2-1-3-9-13)19(15)11-10-12-6-4-5-7-12/h1-3,8-9,12H,4-7,10-11H2. The van der Waals surface area contributed by atoms with Crippen LogP contribution in [0.5, 0.6) is 0 Å². The van der Waals surface area contributed by atoms with Crippen molar-refractivity contribution in [3.05, 3.63) is 35.6 Å². The zero-order chi connectivity index (χ0) is 13.1. The van der Waals surface area contributed by atoms with Gasteiger partial charge in [-0.25, -0.2) is 0 Å². The van der Waals surface area contributed by atoms with Crippen LogP contribution >= 0.6 is 11.6 Å². The molecule has 19 heavy (non-hydrogen) atoms. The van der Waals surface area contributed by atoms with Crippen LogP contribution in [0.4, 0.5) is 0 Å². The predicted molar refractivity (Wildman–Crippen MR) is 77.0 cm³/mol. The van der Waals surface area contributed by atoms with E-state index in [1.807, 2.05) is 34.9 Å². The Morgan fingerprint density at radius 2 is 1.84 bits per heavy atom. The molecule has 0 unspecified atom stereocenters. The molecule has 1 fully saturated rings. The number of aromatic nitrogens is 3. The smallest absolute Gasteiger partial charge is 0.225 e. The highest BCUT2D eigenvalue weighted by atomic mass is 35.5. The third-order valence-corrected chi connectivity index (χ3v) is 4.25. The van der Waals surface area contributed by atoms with Crippen LogP contribution < -0.4 is 0 Å². The Morgan fingerprint density at radius 3 is 2.58 bits per heavy atom. The van der Waals surface area contributed by atoms with E-state index >= 15 is 0 Å². The molecule has 0 spiro atoms. The molecule has 1 saturated carbocycles. The third kappa shape index (κ3) is 2.81. The van der Waals surface area contributed by atoms with Gasteiger partial charge in [0.15, 0.2) is 5.82 Å². The first-order valence-electron chi connectivity index (χ1n) is 6.99. The van der Waals surface area contributed by atoms with E-state index in [0.717, 1.165) is 23.9 Å². The van der Waals surface area contributed by atoms with Gasteiger partial charge in [-0.15, -0.1) is 10.2 Å². The number of hydrogen-bond donors (Lipinski definition) is 0. The quantitative estimate of drug-likeness (QED) is 0.838. The summed E-state index contributed by atoms with van der Waals surface area (Å²) < 4.78 is 2.04. The van der Waals surface area contributed by atoms with Crippen LogP contribution in [0.2, 0.25) is 5.28 Å². The normalized spacial score (nSPS) is 16.1. The molecule has 0 aliphatic heterocycles. The van der Waals surface area contributed by atoms with Crippen LogP contribution in [0.25, 0.3) is 11.4 Å². The van der Waals surface area contributed by atoms with Crippen molar-refractivity contribution in [1.82, 2.24) is 14.8 Å². The van der Waals surface area contributed by atoms with Crippen molar-refractivity contribution in [2.45, 2.75) is 38.6 Å². The molecule has 100 valence electrons. The second-order valence-corrected chi connectivity index (χ2v) is 5.59. The lowest BCUT2D eigenvalue weighted by Gasteiger charge is -2.11. The first kappa shape index (κ1) is 12.7. The van der Waals surface area contributed by atoms with Crippen LogP contribution in [-0.4, -0.2) is 14.8 Å². The van der Waals surface area contributed by atoms with E-state index in [2.05, 4.69) is 10.2 Å². The van der Waals surface area contributed by atoms with Gasteiger partial charge in [0.2, 0.25) is 5.28 Å². The fourth-order valence-corrected chi connectivity index (χ4v) is 3.10. The predicted octanol–water partition coefficient (Wildman–Crippen LogP) is 4.18. The molecule has 1 aromatic carbocycles. The second kappa shape index (κ2) is 5.74. The summed E-state index contributed by atoms with van der Waals surface area (Å²) in [6.07, 6.45) is 6.66. The van der Waals surface area contributed by atoms with Crippen molar-refractivity contribution in [1.29, 1.82) is 0 Å². The van der Waals surface area contributed by atoms with E-state index in [9.17, 15) is 0 Å². The van der Waals surface area contributed by atoms with Gasteiger partial charge in [0.1, 0.15) is 0 Å². The van der Waals surface area contributed by atoms with Gasteiger partial charge in [0, 0.05) is 12.1 Å². The third-order valence-electron chi connectivity index (χ3n) is 3.97. The molecule has 1 heterocycles. The summed E-state index contributed by atoms with van der Waals surface area (Å²) in [5, 5.41) is 8.73. The van der Waals surface area contributed by atoms with Crippen molar-refractivity contribution >= 4 is 11.6 Å². The lowest BCUT2D eigenvalue weighted by Crippen LogP contribution is -2.05. The summed E-state index contributed by atoms with van der Waals surface area (Å²) >= 11 is 6.17. The molecular weight excluding hydrogens is 258 g/mol. The van der Waals surface area contributed by atoms with Gasteiger partial charge in [0.05, 0.1) is 0 Å². The average Bonchev–Trinajstić information content (AvgIpc) is 3.07. The summed E-state index contributed by atoms with van der Waals surface area (Å²) in [6.45, 7) is 0.917. The largest absolute Gasteiger partial charge is 0.298 e. The molecule has 0 atom stereocenters. The van der Waals surface area contributed by atoms with E-state index in [1.54, 1.807) is 0 Å². The topological polar surface area (TPSA) is 30.7 Å². The molecule has 0 bridgehead atoms. The highest BCUT2D eigenvalue weighted by Gasteiger charge is 2.17. The van der Waals surface area contributed by atoms with Crippen LogP contribution in [0.3, 0.4) is 0 Å². The Morgan fingerprint density at radius 1 is 1.11 bits per heavy atom. The van der Waals surface area contributed by atoms with Crippen molar-refractivity contribution in [3.8, 4) is 11.4 Å². The Kier molecular flexibility index (Phi) is 3.83. The van der Waals surface area contributed by atoms with Gasteiger partial charge in [-0.05, 0) is 23.9 Å². The molecular formula is C15H18ClN3. The van der Waals surface area contributed by atoms with Gasteiger partial charge >= 0.3 is 0 Å². The number of hydrogen-bond acceptors (Lipinski definition) is 2. The number of rotatable bonds is 4. The first-order valence-corrected chi connectivity index (χ1v) is 7.36. The summed E-state index contributed by atoms with van der Waals surface area (Å²) in [6, 6.07) is 10.1. The molecule has 0 radical (unpaired) electrons. The summed E-state index contributed by atoms with van der Waals surface area (Å²) in [7, 11) is 0. The fourth-order valence-electron chi connectivity index (χ4n) is 2.89. The zero-order valence-electron chi connectivity index (χ0n) is 10.9. The van der Waals surface area contributed by atoms with E-state index < -0.39 is 0 Å². The maximum Gasteiger partial charge on any atom is 0.225 e. The Hall–Kier alpha value is -1.35. The van der Waals surface area contributed by atoms with Gasteiger partial charge in [-0.3, -0.25) is 4.57 Å². The molecule has 0 N–H and O–H groups in total. The van der Waals surface area contributed by atoms with E-state index in [4.69, 9.17) is 11.6 Å². The average molecular weight is 276 g/mol. The van der Waals surface area contributed by atoms with Gasteiger partial charge in [-0.1, -0.05) is 56.0 Å². The minimum atomic E-state index is 0.497. The SMILES string of the molecule is Clc1nnc(-c2ccccc2)n1CCC1CCCC1. The van der Waals surface area contributed by atoms with Gasteiger partial charge < -0.3 is 0 Å². The van der Waals surface area contributed by atoms with Crippen molar-refractivity contribution in [2.24, 2.45) is 5.92 Å². The molecule has 4 heteroatoms. The molecule has 0 saturated heterocycles. The van der Waals surface area contributed by atoms with E-state index in [1.165, 1.54) is 32.1 Å². The molecule has 2 aromatic rings. The highest BCUT2D eigenvalue weighted by molar-refractivity contribution is 6.28. The van der Waals surface area contributed by atoms with Crippen LogP contribution in [0.1, 0.15) is 32.1 Å². The lowest BCUT2D eigenvalue weighted by molar-refractivity contribution is 0.459. The van der Waals surface area contributed by atoms with E-state index in [0.29, 0.717) is 5.28 Å². The minimum Gasteiger partial charge on any atom is -0.298 e. The van der Waals surface area contributed by atoms with Crippen molar-refractivity contribution in [2.75, 3.05) is 0 Å². The molecule has 3 nitrogen and oxygen atoms in total. The Labute approximate surface area is 118 Å². The molecule has 1 aliphatic carbocycles. The lowest BCUT2D eigenvalue weighted by atomic mass is 10.0. The summed E-state index contributed by atoms with van der Waals surface area (Å²) in [5.74, 6) is 1.73.